The number of amides is 1. The van der Waals surface area contributed by atoms with Crippen LogP contribution in [0, 0.1) is 0 Å². The molecule has 0 aliphatic carbocycles. The standard InChI is InChI=1S/C12H17NO4/c1-6(2)9-5-8(14)10(12(16)17-9)11(15)13-7(3)4/h5-7,14H,1-4H3,(H,13,15). The Balaban J connectivity index is 3.19. The molecule has 0 aliphatic rings. The largest absolute Gasteiger partial charge is 0.507 e. The predicted octanol–water partition coefficient (Wildman–Crippen LogP) is 1.61. The van der Waals surface area contributed by atoms with Crippen LogP contribution in [0.15, 0.2) is 15.3 Å². The fraction of sp³-hybridized carbons (Fsp3) is 0.500. The summed E-state index contributed by atoms with van der Waals surface area (Å²) in [5.41, 5.74) is -1.16. The van der Waals surface area contributed by atoms with Crippen LogP contribution in [0.5, 0.6) is 5.75 Å². The van der Waals surface area contributed by atoms with Gasteiger partial charge in [0.05, 0.1) is 0 Å². The summed E-state index contributed by atoms with van der Waals surface area (Å²) in [5, 5.41) is 12.2. The van der Waals surface area contributed by atoms with Gasteiger partial charge in [-0.25, -0.2) is 4.79 Å². The SMILES string of the molecule is CC(C)NC(=O)c1c(O)cc(C(C)C)oc1=O. The van der Waals surface area contributed by atoms with E-state index in [9.17, 15) is 14.7 Å². The Morgan fingerprint density at radius 3 is 2.35 bits per heavy atom. The Morgan fingerprint density at radius 1 is 1.35 bits per heavy atom. The molecule has 0 aromatic carbocycles. The highest BCUT2D eigenvalue weighted by atomic mass is 16.4. The molecule has 1 heterocycles. The van der Waals surface area contributed by atoms with E-state index in [1.807, 2.05) is 13.8 Å². The Morgan fingerprint density at radius 2 is 1.94 bits per heavy atom. The number of nitrogens with one attached hydrogen (secondary N) is 1. The van der Waals surface area contributed by atoms with Crippen molar-refractivity contribution in [1.29, 1.82) is 0 Å². The first kappa shape index (κ1) is 13.3. The van der Waals surface area contributed by atoms with Crippen LogP contribution >= 0.6 is 0 Å². The highest BCUT2D eigenvalue weighted by Crippen LogP contribution is 2.20. The number of rotatable bonds is 3. The Bertz CT molecular complexity index is 474. The molecule has 17 heavy (non-hydrogen) atoms. The zero-order valence-electron chi connectivity index (χ0n) is 10.4. The van der Waals surface area contributed by atoms with Crippen LogP contribution in [0.2, 0.25) is 0 Å². The molecule has 0 aliphatic heterocycles. The molecule has 5 nitrogen and oxygen atoms in total. The zero-order valence-corrected chi connectivity index (χ0v) is 10.4. The van der Waals surface area contributed by atoms with Gasteiger partial charge in [-0.3, -0.25) is 4.79 Å². The van der Waals surface area contributed by atoms with E-state index in [0.717, 1.165) is 0 Å². The summed E-state index contributed by atoms with van der Waals surface area (Å²) >= 11 is 0. The molecule has 0 radical (unpaired) electrons. The van der Waals surface area contributed by atoms with Crippen molar-refractivity contribution in [1.82, 2.24) is 5.32 Å². The molecule has 0 fully saturated rings. The second-order valence-corrected chi connectivity index (χ2v) is 4.48. The predicted molar refractivity (Wildman–Crippen MR) is 63.3 cm³/mol. The van der Waals surface area contributed by atoms with Gasteiger partial charge in [-0.1, -0.05) is 13.8 Å². The molecule has 0 bridgehead atoms. The van der Waals surface area contributed by atoms with Gasteiger partial charge in [-0.15, -0.1) is 0 Å². The lowest BCUT2D eigenvalue weighted by Gasteiger charge is -2.10. The van der Waals surface area contributed by atoms with Gasteiger partial charge in [0.1, 0.15) is 11.5 Å². The summed E-state index contributed by atoms with van der Waals surface area (Å²) in [6, 6.07) is 1.19. The van der Waals surface area contributed by atoms with Gasteiger partial charge in [0, 0.05) is 18.0 Å². The highest BCUT2D eigenvalue weighted by molar-refractivity contribution is 5.96. The maximum Gasteiger partial charge on any atom is 0.352 e. The average molecular weight is 239 g/mol. The van der Waals surface area contributed by atoms with Gasteiger partial charge in [0.15, 0.2) is 5.56 Å². The lowest BCUT2D eigenvalue weighted by Crippen LogP contribution is -2.33. The molecule has 0 unspecified atom stereocenters. The fourth-order valence-electron chi connectivity index (χ4n) is 1.33. The first-order valence-corrected chi connectivity index (χ1v) is 5.50. The first-order chi connectivity index (χ1) is 7.82. The van der Waals surface area contributed by atoms with E-state index >= 15 is 0 Å². The van der Waals surface area contributed by atoms with Gasteiger partial charge in [-0.2, -0.15) is 0 Å². The molecule has 1 aromatic heterocycles. The summed E-state index contributed by atoms with van der Waals surface area (Å²) in [6.07, 6.45) is 0. The van der Waals surface area contributed by atoms with Gasteiger partial charge < -0.3 is 14.8 Å². The second-order valence-electron chi connectivity index (χ2n) is 4.48. The van der Waals surface area contributed by atoms with Gasteiger partial charge in [0.25, 0.3) is 5.91 Å². The van der Waals surface area contributed by atoms with Crippen molar-refractivity contribution >= 4 is 5.91 Å². The normalized spacial score (nSPS) is 10.9. The molecule has 0 saturated carbocycles. The van der Waals surface area contributed by atoms with Crippen LogP contribution in [0.1, 0.15) is 49.7 Å². The van der Waals surface area contributed by atoms with Crippen LogP contribution in [-0.2, 0) is 0 Å². The quantitative estimate of drug-likeness (QED) is 0.839. The molecule has 5 heteroatoms. The third kappa shape index (κ3) is 3.09. The lowest BCUT2D eigenvalue weighted by molar-refractivity contribution is 0.0935. The van der Waals surface area contributed by atoms with E-state index in [1.165, 1.54) is 6.07 Å². The molecule has 0 atom stereocenters. The highest BCUT2D eigenvalue weighted by Gasteiger charge is 2.20. The number of aromatic hydroxyl groups is 1. The van der Waals surface area contributed by atoms with Crippen molar-refractivity contribution in [2.24, 2.45) is 0 Å². The fourth-order valence-corrected chi connectivity index (χ4v) is 1.33. The maximum absolute atomic E-state index is 11.6. The molecule has 1 rings (SSSR count). The van der Waals surface area contributed by atoms with Gasteiger partial charge in [-0.05, 0) is 13.8 Å². The third-order valence-corrected chi connectivity index (χ3v) is 2.17. The van der Waals surface area contributed by atoms with E-state index in [1.54, 1.807) is 13.8 Å². The monoisotopic (exact) mass is 239 g/mol. The van der Waals surface area contributed by atoms with E-state index in [0.29, 0.717) is 5.76 Å². The molecule has 1 amide bonds. The van der Waals surface area contributed by atoms with Crippen molar-refractivity contribution in [2.75, 3.05) is 0 Å². The average Bonchev–Trinajstić information content (AvgIpc) is 2.14. The second kappa shape index (κ2) is 5.03. The number of carbonyl (C=O) groups excluding carboxylic acids is 1. The minimum absolute atomic E-state index is 0.0317. The summed E-state index contributed by atoms with van der Waals surface area (Å²) in [5.74, 6) is -0.644. The van der Waals surface area contributed by atoms with E-state index in [2.05, 4.69) is 5.32 Å². The van der Waals surface area contributed by atoms with Crippen LogP contribution in [0.3, 0.4) is 0 Å². The topological polar surface area (TPSA) is 79.5 Å². The Labute approximate surface area is 99.5 Å². The van der Waals surface area contributed by atoms with Crippen molar-refractivity contribution in [3.8, 4) is 5.75 Å². The minimum Gasteiger partial charge on any atom is -0.507 e. The third-order valence-electron chi connectivity index (χ3n) is 2.17. The van der Waals surface area contributed by atoms with Gasteiger partial charge >= 0.3 is 5.63 Å². The number of hydrogen-bond acceptors (Lipinski definition) is 4. The summed E-state index contributed by atoms with van der Waals surface area (Å²) < 4.78 is 4.98. The van der Waals surface area contributed by atoms with Crippen molar-refractivity contribution < 1.29 is 14.3 Å². The molecule has 0 saturated heterocycles. The van der Waals surface area contributed by atoms with Crippen molar-refractivity contribution in [3.05, 3.63) is 27.8 Å². The van der Waals surface area contributed by atoms with Gasteiger partial charge in [0.2, 0.25) is 0 Å². The van der Waals surface area contributed by atoms with E-state index < -0.39 is 11.5 Å². The molecular formula is C12H17NO4. The summed E-state index contributed by atoms with van der Waals surface area (Å²) in [7, 11) is 0. The van der Waals surface area contributed by atoms with Crippen LogP contribution in [0.4, 0.5) is 0 Å². The number of carbonyl (C=O) groups is 1. The van der Waals surface area contributed by atoms with E-state index in [4.69, 9.17) is 4.42 Å². The molecular weight excluding hydrogens is 222 g/mol. The molecule has 1 aromatic rings. The Hall–Kier alpha value is -1.78. The van der Waals surface area contributed by atoms with Crippen molar-refractivity contribution in [3.63, 3.8) is 0 Å². The minimum atomic E-state index is -0.813. The Kier molecular flexibility index (Phi) is 3.93. The molecule has 0 spiro atoms. The van der Waals surface area contributed by atoms with E-state index in [-0.39, 0.29) is 23.3 Å². The zero-order chi connectivity index (χ0) is 13.2. The van der Waals surface area contributed by atoms with Crippen molar-refractivity contribution in [2.45, 2.75) is 39.7 Å². The first-order valence-electron chi connectivity index (χ1n) is 5.50. The summed E-state index contributed by atoms with van der Waals surface area (Å²) in [6.45, 7) is 7.18. The molecule has 94 valence electrons. The van der Waals surface area contributed by atoms with Crippen LogP contribution in [-0.4, -0.2) is 17.1 Å². The maximum atomic E-state index is 11.6. The lowest BCUT2D eigenvalue weighted by atomic mass is 10.1. The summed E-state index contributed by atoms with van der Waals surface area (Å²) in [4.78, 5) is 23.2. The molecule has 2 N–H and O–H groups in total. The number of hydrogen-bond donors (Lipinski definition) is 2. The smallest absolute Gasteiger partial charge is 0.352 e. The van der Waals surface area contributed by atoms with Crippen LogP contribution in [0.25, 0.3) is 0 Å². The van der Waals surface area contributed by atoms with Crippen LogP contribution < -0.4 is 10.9 Å².